The van der Waals surface area contributed by atoms with Crippen LogP contribution >= 0.6 is 0 Å². The van der Waals surface area contributed by atoms with E-state index in [1.807, 2.05) is 23.1 Å². The van der Waals surface area contributed by atoms with Crippen molar-refractivity contribution in [3.63, 3.8) is 0 Å². The Kier molecular flexibility index (Phi) is 5.30. The average Bonchev–Trinajstić information content (AvgIpc) is 2.94. The van der Waals surface area contributed by atoms with Crippen molar-refractivity contribution in [1.29, 1.82) is 0 Å². The maximum Gasteiger partial charge on any atom is 0.223 e. The van der Waals surface area contributed by atoms with Crippen LogP contribution in [0.15, 0.2) is 30.3 Å². The molecule has 1 aromatic rings. The fourth-order valence-electron chi connectivity index (χ4n) is 2.58. The quantitative estimate of drug-likeness (QED) is 0.747. The predicted octanol–water partition coefficient (Wildman–Crippen LogP) is 2.14. The molecule has 1 heterocycles. The van der Waals surface area contributed by atoms with E-state index in [-0.39, 0.29) is 18.1 Å². The van der Waals surface area contributed by atoms with Gasteiger partial charge in [-0.25, -0.2) is 0 Å². The number of carbonyl (C=O) groups excluding carboxylic acids is 2. The SMILES string of the molecule is COCC1CCN(C(=O)CCC(=O)c2ccccc2)C1. The van der Waals surface area contributed by atoms with Crippen molar-refractivity contribution in [3.05, 3.63) is 35.9 Å². The van der Waals surface area contributed by atoms with E-state index in [1.165, 1.54) is 0 Å². The highest BCUT2D eigenvalue weighted by Crippen LogP contribution is 2.18. The number of ether oxygens (including phenoxy) is 1. The molecule has 1 aliphatic heterocycles. The summed E-state index contributed by atoms with van der Waals surface area (Å²) < 4.78 is 5.12. The van der Waals surface area contributed by atoms with Crippen LogP contribution in [-0.4, -0.2) is 43.4 Å². The molecule has 0 aromatic heterocycles. The summed E-state index contributed by atoms with van der Waals surface area (Å²) in [6.45, 7) is 2.24. The van der Waals surface area contributed by atoms with Crippen LogP contribution in [0.5, 0.6) is 0 Å². The molecule has 0 bridgehead atoms. The Morgan fingerprint density at radius 3 is 2.70 bits per heavy atom. The Bertz CT molecular complexity index is 458. The summed E-state index contributed by atoms with van der Waals surface area (Å²) >= 11 is 0. The zero-order chi connectivity index (χ0) is 14.4. The number of methoxy groups -OCH3 is 1. The molecule has 4 nitrogen and oxygen atoms in total. The molecule has 1 amide bonds. The average molecular weight is 275 g/mol. The van der Waals surface area contributed by atoms with Crippen LogP contribution < -0.4 is 0 Å². The summed E-state index contributed by atoms with van der Waals surface area (Å²) in [5, 5.41) is 0. The van der Waals surface area contributed by atoms with Gasteiger partial charge in [0.2, 0.25) is 5.91 Å². The second kappa shape index (κ2) is 7.20. The normalized spacial score (nSPS) is 18.2. The number of amides is 1. The van der Waals surface area contributed by atoms with E-state index in [0.717, 1.165) is 19.5 Å². The lowest BCUT2D eigenvalue weighted by molar-refractivity contribution is -0.130. The van der Waals surface area contributed by atoms with Gasteiger partial charge in [0.05, 0.1) is 6.61 Å². The lowest BCUT2D eigenvalue weighted by atomic mass is 10.1. The van der Waals surface area contributed by atoms with E-state index in [4.69, 9.17) is 4.74 Å². The number of hydrogen-bond donors (Lipinski definition) is 0. The Hall–Kier alpha value is -1.68. The Morgan fingerprint density at radius 2 is 2.00 bits per heavy atom. The first-order valence-electron chi connectivity index (χ1n) is 7.05. The first kappa shape index (κ1) is 14.7. The van der Waals surface area contributed by atoms with Gasteiger partial charge in [-0.05, 0) is 6.42 Å². The summed E-state index contributed by atoms with van der Waals surface area (Å²) in [7, 11) is 1.68. The maximum atomic E-state index is 12.1. The number of benzene rings is 1. The van der Waals surface area contributed by atoms with Gasteiger partial charge in [0.15, 0.2) is 5.78 Å². The second-order valence-corrected chi connectivity index (χ2v) is 5.24. The summed E-state index contributed by atoms with van der Waals surface area (Å²) in [6.07, 6.45) is 1.58. The molecule has 0 saturated carbocycles. The van der Waals surface area contributed by atoms with E-state index in [0.29, 0.717) is 24.5 Å². The largest absolute Gasteiger partial charge is 0.384 e. The molecule has 2 rings (SSSR count). The molecule has 1 unspecified atom stereocenters. The fraction of sp³-hybridized carbons (Fsp3) is 0.500. The van der Waals surface area contributed by atoms with E-state index in [9.17, 15) is 9.59 Å². The molecular weight excluding hydrogens is 254 g/mol. The lowest BCUT2D eigenvalue weighted by Crippen LogP contribution is -2.29. The van der Waals surface area contributed by atoms with E-state index in [2.05, 4.69) is 0 Å². The number of carbonyl (C=O) groups is 2. The first-order valence-corrected chi connectivity index (χ1v) is 7.05. The molecule has 0 radical (unpaired) electrons. The number of rotatable bonds is 6. The van der Waals surface area contributed by atoms with Gasteiger partial charge in [0, 0.05) is 44.5 Å². The monoisotopic (exact) mass is 275 g/mol. The maximum absolute atomic E-state index is 12.1. The Morgan fingerprint density at radius 1 is 1.25 bits per heavy atom. The molecule has 0 spiro atoms. The second-order valence-electron chi connectivity index (χ2n) is 5.24. The van der Waals surface area contributed by atoms with Gasteiger partial charge in [0.25, 0.3) is 0 Å². The number of nitrogens with zero attached hydrogens (tertiary/aromatic N) is 1. The van der Waals surface area contributed by atoms with Gasteiger partial charge in [-0.1, -0.05) is 30.3 Å². The third-order valence-electron chi connectivity index (χ3n) is 3.70. The van der Waals surface area contributed by atoms with Crippen LogP contribution in [-0.2, 0) is 9.53 Å². The van der Waals surface area contributed by atoms with Crippen molar-refractivity contribution < 1.29 is 14.3 Å². The van der Waals surface area contributed by atoms with Crippen LogP contribution in [0.3, 0.4) is 0 Å². The van der Waals surface area contributed by atoms with E-state index in [1.54, 1.807) is 19.2 Å². The smallest absolute Gasteiger partial charge is 0.223 e. The van der Waals surface area contributed by atoms with Crippen LogP contribution in [0.2, 0.25) is 0 Å². The molecule has 1 saturated heterocycles. The predicted molar refractivity (Wildman–Crippen MR) is 76.6 cm³/mol. The lowest BCUT2D eigenvalue weighted by Gasteiger charge is -2.16. The number of hydrogen-bond acceptors (Lipinski definition) is 3. The van der Waals surface area contributed by atoms with Crippen molar-refractivity contribution in [2.45, 2.75) is 19.3 Å². The molecule has 108 valence electrons. The van der Waals surface area contributed by atoms with E-state index >= 15 is 0 Å². The van der Waals surface area contributed by atoms with Crippen LogP contribution in [0, 0.1) is 5.92 Å². The van der Waals surface area contributed by atoms with Crippen LogP contribution in [0.4, 0.5) is 0 Å². The molecule has 1 aromatic carbocycles. The van der Waals surface area contributed by atoms with Gasteiger partial charge in [-0.15, -0.1) is 0 Å². The van der Waals surface area contributed by atoms with Gasteiger partial charge in [-0.2, -0.15) is 0 Å². The number of Topliss-reactive ketones (excluding diaryl/α,β-unsaturated/α-hetero) is 1. The van der Waals surface area contributed by atoms with Gasteiger partial charge in [0.1, 0.15) is 0 Å². The number of ketones is 1. The van der Waals surface area contributed by atoms with Crippen molar-refractivity contribution in [2.24, 2.45) is 5.92 Å². The summed E-state index contributed by atoms with van der Waals surface area (Å²) in [4.78, 5) is 25.9. The minimum Gasteiger partial charge on any atom is -0.384 e. The highest BCUT2D eigenvalue weighted by Gasteiger charge is 2.26. The summed E-state index contributed by atoms with van der Waals surface area (Å²) in [5.41, 5.74) is 0.680. The fourth-order valence-corrected chi connectivity index (χ4v) is 2.58. The molecule has 4 heteroatoms. The third kappa shape index (κ3) is 3.90. The zero-order valence-corrected chi connectivity index (χ0v) is 11.9. The first-order chi connectivity index (χ1) is 9.70. The number of likely N-dealkylation sites (tertiary alicyclic amines) is 1. The third-order valence-corrected chi connectivity index (χ3v) is 3.70. The summed E-state index contributed by atoms with van der Waals surface area (Å²) in [5.74, 6) is 0.549. The van der Waals surface area contributed by atoms with Crippen molar-refractivity contribution in [2.75, 3.05) is 26.8 Å². The molecule has 20 heavy (non-hydrogen) atoms. The van der Waals surface area contributed by atoms with Crippen LogP contribution in [0.25, 0.3) is 0 Å². The summed E-state index contributed by atoms with van der Waals surface area (Å²) in [6, 6.07) is 9.13. The molecule has 0 N–H and O–H groups in total. The molecule has 0 aliphatic carbocycles. The van der Waals surface area contributed by atoms with Crippen molar-refractivity contribution in [1.82, 2.24) is 4.90 Å². The minimum absolute atomic E-state index is 0.0339. The van der Waals surface area contributed by atoms with Gasteiger partial charge >= 0.3 is 0 Å². The molecular formula is C16H21NO3. The topological polar surface area (TPSA) is 46.6 Å². The van der Waals surface area contributed by atoms with Gasteiger partial charge in [-0.3, -0.25) is 9.59 Å². The molecule has 1 aliphatic rings. The highest BCUT2D eigenvalue weighted by atomic mass is 16.5. The minimum atomic E-state index is 0.0339. The molecule has 1 fully saturated rings. The van der Waals surface area contributed by atoms with Crippen molar-refractivity contribution in [3.8, 4) is 0 Å². The van der Waals surface area contributed by atoms with Crippen molar-refractivity contribution >= 4 is 11.7 Å². The zero-order valence-electron chi connectivity index (χ0n) is 11.9. The van der Waals surface area contributed by atoms with Crippen LogP contribution in [0.1, 0.15) is 29.6 Å². The Labute approximate surface area is 119 Å². The highest BCUT2D eigenvalue weighted by molar-refractivity contribution is 5.97. The Balaban J connectivity index is 1.77. The van der Waals surface area contributed by atoms with Gasteiger partial charge < -0.3 is 9.64 Å². The standard InChI is InChI=1S/C16H21NO3/c1-20-12-13-9-10-17(11-13)16(19)8-7-15(18)14-5-3-2-4-6-14/h2-6,13H,7-12H2,1H3. The molecule has 1 atom stereocenters. The van der Waals surface area contributed by atoms with E-state index < -0.39 is 0 Å².